The van der Waals surface area contributed by atoms with Crippen LogP contribution in [0.3, 0.4) is 0 Å². The summed E-state index contributed by atoms with van der Waals surface area (Å²) >= 11 is 15.8. The molecule has 10 heterocycles. The number of carboxylic acids is 1. The van der Waals surface area contributed by atoms with E-state index in [1.807, 2.05) is 12.1 Å². The zero-order chi connectivity index (χ0) is 108. The van der Waals surface area contributed by atoms with Gasteiger partial charge in [0.15, 0.2) is 34.4 Å². The molecule has 47 heteroatoms. The van der Waals surface area contributed by atoms with Crippen molar-refractivity contribution < 1.29 is 87.1 Å². The monoisotopic (exact) mass is 2150 g/mol. The molecule has 4 fully saturated rings. The zero-order valence-corrected chi connectivity index (χ0v) is 84.9. The highest BCUT2D eigenvalue weighted by atomic mass is 79.9. The predicted octanol–water partition coefficient (Wildman–Crippen LogP) is 13.2. The van der Waals surface area contributed by atoms with Gasteiger partial charge in [-0.3, -0.25) is 71.1 Å². The summed E-state index contributed by atoms with van der Waals surface area (Å²) in [6.45, 7) is 9.98. The number of nitrogens with one attached hydrogen (secondary N) is 3. The second-order valence-corrected chi connectivity index (χ2v) is 37.5. The number of hydrogen-bond acceptors (Lipinski definition) is 27. The predicted molar refractivity (Wildman–Crippen MR) is 558 cm³/mol. The first-order chi connectivity index (χ1) is 71.2. The SMILES string of the molecule is CC(C)(C)OC(=O)Cn1nc(C(N)=O)c2cc(-c3cncnc3)ccc21.CC(C)(C)OC(=O)Cn1nc(C(N)=O)c2cc(Br)ccc21.CF.Cl.NC(=O)c1nn(CC(=O)N2[C@@H]3C[C@@H]3C[C@H]2C(=O)Nc2cccc(-c3ccccc3Cl)c2F)c2ccc(-c3cncnc3)cc12.NC(=O)c1nn(CC(=O)O)c2ccc(-c3cncnc3)cc12.O=C(Nc1cccc(-c2ccccc2Cl)c1F)[C@@H]1C[C@H]2C[C@H]2N1.OB(O)c1cncnc1.[2H]C. The fourth-order valence-corrected chi connectivity index (χ4v) is 17.4. The zero-order valence-electron chi connectivity index (χ0n) is 82.0. The van der Waals surface area contributed by atoms with Crippen molar-refractivity contribution in [3.8, 4) is 55.6 Å². The number of anilines is 2. The maximum absolute atomic E-state index is 15.6. The summed E-state index contributed by atoms with van der Waals surface area (Å²) in [4.78, 5) is 154. The van der Waals surface area contributed by atoms with Crippen molar-refractivity contribution in [2.45, 2.75) is 136 Å². The van der Waals surface area contributed by atoms with Gasteiger partial charge in [-0.2, -0.15) is 20.4 Å². The summed E-state index contributed by atoms with van der Waals surface area (Å²) in [7, 11) is 0.284. The summed E-state index contributed by atoms with van der Waals surface area (Å²) in [6, 6.07) is 44.3. The lowest BCUT2D eigenvalue weighted by molar-refractivity contribution is -0.156. The van der Waals surface area contributed by atoms with Crippen molar-refractivity contribution in [3.05, 3.63) is 282 Å². The molecule has 2 aliphatic heterocycles. The molecular formula is C102H100BBrCl3F3N24O15. The first-order valence-electron chi connectivity index (χ1n) is 46.2. The number of aliphatic carboxylic acids is 1. The van der Waals surface area contributed by atoms with Gasteiger partial charge in [0.25, 0.3) is 23.6 Å². The van der Waals surface area contributed by atoms with Crippen LogP contribution in [-0.2, 0) is 64.4 Å². The second kappa shape index (κ2) is 48.8. The molecule has 0 unspecified atom stereocenters. The van der Waals surface area contributed by atoms with Gasteiger partial charge in [0.1, 0.15) is 68.7 Å². The summed E-state index contributed by atoms with van der Waals surface area (Å²) in [6.07, 6.45) is 21.5. The number of benzene rings is 8. The third kappa shape index (κ3) is 27.5. The Hall–Kier alpha value is -16.3. The Balaban J connectivity index is 0.000000166. The molecule has 8 aromatic heterocycles. The van der Waals surface area contributed by atoms with Gasteiger partial charge in [0, 0.05) is 143 Å². The fourth-order valence-electron chi connectivity index (χ4n) is 16.6. The van der Waals surface area contributed by atoms with Crippen LogP contribution < -0.4 is 44.3 Å². The highest BCUT2D eigenvalue weighted by Crippen LogP contribution is 2.49. The van der Waals surface area contributed by atoms with Crippen LogP contribution in [0.4, 0.5) is 24.5 Å². The molecule has 0 spiro atoms. The number of carbonyl (C=O) groups excluding carboxylic acids is 9. The van der Waals surface area contributed by atoms with Crippen LogP contribution in [0.2, 0.25) is 10.0 Å². The molecule has 16 aromatic rings. The van der Waals surface area contributed by atoms with Crippen molar-refractivity contribution in [2.75, 3.05) is 17.8 Å². The maximum atomic E-state index is 15.6. The highest BCUT2D eigenvalue weighted by molar-refractivity contribution is 9.10. The van der Waals surface area contributed by atoms with E-state index >= 15 is 4.39 Å². The third-order valence-corrected chi connectivity index (χ3v) is 24.3. The number of primary amides is 4. The number of rotatable bonds is 22. The van der Waals surface area contributed by atoms with E-state index in [1.165, 1.54) is 69.9 Å². The van der Waals surface area contributed by atoms with Crippen LogP contribution >= 0.6 is 51.5 Å². The number of fused-ring (bicyclic) bond motifs is 6. The van der Waals surface area contributed by atoms with E-state index in [0.29, 0.717) is 101 Å². The van der Waals surface area contributed by atoms with E-state index in [9.17, 15) is 56.7 Å². The van der Waals surface area contributed by atoms with Crippen molar-refractivity contribution in [1.29, 1.82) is 0 Å². The topological polar surface area (TPSA) is 568 Å². The Bertz CT molecular complexity index is 7670. The molecule has 8 aromatic carbocycles. The van der Waals surface area contributed by atoms with E-state index in [0.717, 1.165) is 57.1 Å². The number of carboxylic acid groups (broad SMARTS) is 1. The number of carbonyl (C=O) groups is 10. The standard InChI is InChI=1S/C32H25ClFN7O3.C18H16ClFN2O.C18H19N5O3.C14H16BrN3O3.C14H11N5O3.C4H5BN2O2.CH3F.CH4.ClH/c33-23-6-2-1-4-20(23)21-5-3-7-24(29(21)34)38-32(44)27-12-18-11-26(18)41(27)28(42)15-40-25-9-8-17(19-13-36-16-37-14-19)10-22(25)30(39-40)31(35)43;19-13-6-2-1-4-11(13)12-5-3-7-14(17(12)20)22-18(23)16-9-10-8-15(10)21-16;1-18(2,3)26-15(24)9-23-14-5-4-11(12-7-20-10-21-8-12)6-13(14)16(22-23)17(19)25;1-14(2,3)21-11(19)7-18-10-5-4-8(15)6-9(10)12(17-18)13(16)20;15-14(22)13-10-3-8(9-4-16-7-17-5-9)1-2-11(10)19(18-13)6-12(20)21;8-5(9)4-1-6-3-7-2-4;1-2;;/h1-10,13-14,16,18,26-27H,11-12,15H2,(H2,35,43)(H,38,44);1-7,10,15-16,21H,8-9H2,(H,22,23);4-8,10H,9H2,1-3H3,(H2,19,25);4-6H,7H2,1-3H3,(H2,16,20);1-5,7H,6H2,(H2,15,22)(H,20,21);1-3,8-9H;1H3;1H4;1H/t18-,26-,27+;10-,15-,16+;;;;;;;/m11......./s1/i;;;;;;;1D;. The second-order valence-electron chi connectivity index (χ2n) is 35.8. The van der Waals surface area contributed by atoms with Crippen LogP contribution in [0.5, 0.6) is 0 Å². The van der Waals surface area contributed by atoms with Gasteiger partial charge in [0.2, 0.25) is 17.7 Å². The van der Waals surface area contributed by atoms with Crippen molar-refractivity contribution >= 4 is 178 Å². The number of halogens is 7. The Morgan fingerprint density at radius 2 is 0.819 bits per heavy atom. The van der Waals surface area contributed by atoms with Gasteiger partial charge in [-0.1, -0.05) is 125 Å². The molecule has 2 saturated heterocycles. The van der Waals surface area contributed by atoms with E-state index < -0.39 is 83.4 Å². The number of hydrogen-bond donors (Lipinski definition) is 10. The van der Waals surface area contributed by atoms with Crippen molar-refractivity contribution in [2.24, 2.45) is 34.8 Å². The first-order valence-corrected chi connectivity index (χ1v) is 46.8. The minimum atomic E-state index is -1.47. The largest absolute Gasteiger partial charge is 0.491 e. The van der Waals surface area contributed by atoms with E-state index in [-0.39, 0.29) is 108 Å². The molecule has 0 radical (unpaired) electrons. The molecule has 7 amide bonds. The number of alkyl halides is 1. The molecule has 2 aliphatic carbocycles. The number of ether oxygens (including phenoxy) is 2. The molecule has 2 saturated carbocycles. The number of piperidine rings is 2. The Morgan fingerprint density at radius 3 is 1.17 bits per heavy atom. The van der Waals surface area contributed by atoms with Crippen LogP contribution in [0.25, 0.3) is 99.2 Å². The van der Waals surface area contributed by atoms with E-state index in [1.54, 1.807) is 223 Å². The van der Waals surface area contributed by atoms with Gasteiger partial charge < -0.3 is 68.4 Å². The van der Waals surface area contributed by atoms with Gasteiger partial charge in [-0.15, -0.1) is 12.4 Å². The first kappa shape index (κ1) is 110. The summed E-state index contributed by atoms with van der Waals surface area (Å²) < 4.78 is 62.5. The molecule has 770 valence electrons. The van der Waals surface area contributed by atoms with Crippen molar-refractivity contribution in [1.82, 2.24) is 89.2 Å². The Kier molecular flexibility index (Phi) is 36.0. The van der Waals surface area contributed by atoms with E-state index in [4.69, 9.17) is 72.1 Å². The van der Waals surface area contributed by atoms with Gasteiger partial charge >= 0.3 is 25.0 Å². The summed E-state index contributed by atoms with van der Waals surface area (Å²) in [5.41, 5.74) is 30.1. The lowest BCUT2D eigenvalue weighted by Crippen LogP contribution is -2.46. The number of aromatic nitrogens is 16. The number of nitrogens with two attached hydrogens (primary N) is 4. The average Bonchev–Trinajstić information content (AvgIpc) is 1.57. The van der Waals surface area contributed by atoms with Crippen LogP contribution in [0.15, 0.2) is 237 Å². The normalized spacial score (nSPS) is 15.2. The van der Waals surface area contributed by atoms with E-state index in [2.05, 4.69) is 92.1 Å². The van der Waals surface area contributed by atoms with Crippen LogP contribution in [0.1, 0.15) is 118 Å². The minimum absolute atomic E-state index is 0. The number of likely N-dealkylation sites (tertiary alicyclic amines) is 1. The smallest absolute Gasteiger partial charge is 0.480 e. The summed E-state index contributed by atoms with van der Waals surface area (Å²) in [5, 5.41) is 54.3. The highest BCUT2D eigenvalue weighted by Gasteiger charge is 2.56. The number of nitrogens with zero attached hydrogens (tertiary/aromatic N) is 17. The van der Waals surface area contributed by atoms with Gasteiger partial charge in [-0.05, 0) is 175 Å². The lowest BCUT2D eigenvalue weighted by Gasteiger charge is -2.27. The molecule has 14 N–H and O–H groups in total. The number of amides is 7. The van der Waals surface area contributed by atoms with Crippen molar-refractivity contribution in [3.63, 3.8) is 0 Å². The molecule has 149 heavy (non-hydrogen) atoms. The fraction of sp³-hybridized carbons (Fsp3) is 0.235. The third-order valence-electron chi connectivity index (χ3n) is 23.2. The Morgan fingerprint density at radius 1 is 0.463 bits per heavy atom. The molecule has 6 atom stereocenters. The minimum Gasteiger partial charge on any atom is -0.480 e. The summed E-state index contributed by atoms with van der Waals surface area (Å²) in [5.74, 6) is -5.92. The lowest BCUT2D eigenvalue weighted by atomic mass is 9.83. The molecule has 20 rings (SSSR count). The van der Waals surface area contributed by atoms with Crippen LogP contribution in [-0.4, -0.2) is 208 Å². The molecule has 39 nitrogen and oxygen atoms in total. The number of esters is 2. The Labute approximate surface area is 875 Å². The molecule has 0 bridgehead atoms. The quantitative estimate of drug-likeness (QED) is 0.0222. The van der Waals surface area contributed by atoms with Crippen LogP contribution in [0, 0.1) is 23.5 Å². The maximum Gasteiger partial charge on any atom is 0.491 e. The average molecular weight is 2160 g/mol. The molecule has 4 aliphatic rings. The van der Waals surface area contributed by atoms with Gasteiger partial charge in [0.05, 0.1) is 46.7 Å². The van der Waals surface area contributed by atoms with Gasteiger partial charge in [-0.25, -0.2) is 48.7 Å². The molecular weight excluding hydrogens is 2060 g/mol.